The molecular weight excluding hydrogens is 252 g/mol. The molecule has 20 heavy (non-hydrogen) atoms. The van der Waals surface area contributed by atoms with Crippen molar-refractivity contribution in [2.24, 2.45) is 5.92 Å². The number of aromatic nitrogens is 1. The van der Waals surface area contributed by atoms with Gasteiger partial charge in [-0.15, -0.1) is 0 Å². The highest BCUT2D eigenvalue weighted by atomic mass is 16.4. The van der Waals surface area contributed by atoms with Crippen LogP contribution in [0.3, 0.4) is 0 Å². The number of furan rings is 1. The number of aryl methyl sites for hydroxylation is 1. The largest absolute Gasteiger partial charge is 0.459 e. The van der Waals surface area contributed by atoms with Gasteiger partial charge in [0.2, 0.25) is 0 Å². The summed E-state index contributed by atoms with van der Waals surface area (Å²) in [6.07, 6.45) is 7.17. The van der Waals surface area contributed by atoms with Crippen molar-refractivity contribution < 1.29 is 8.83 Å². The monoisotopic (exact) mass is 272 g/mol. The predicted molar refractivity (Wildman–Crippen MR) is 75.1 cm³/mol. The molecule has 0 amide bonds. The van der Waals surface area contributed by atoms with Crippen LogP contribution in [0.2, 0.25) is 0 Å². The molecule has 0 N–H and O–H groups in total. The summed E-state index contributed by atoms with van der Waals surface area (Å²) in [5.41, 5.74) is 1.06. The molecule has 0 aromatic carbocycles. The maximum atomic E-state index is 5.75. The smallest absolute Gasteiger partial charge is 0.263 e. The van der Waals surface area contributed by atoms with Crippen molar-refractivity contribution in [3.63, 3.8) is 0 Å². The second-order valence-corrected chi connectivity index (χ2v) is 6.12. The minimum Gasteiger partial charge on any atom is -0.459 e. The molecule has 2 aromatic heterocycles. The lowest BCUT2D eigenvalue weighted by Crippen LogP contribution is -2.28. The van der Waals surface area contributed by atoms with Crippen LogP contribution in [0.1, 0.15) is 37.1 Å². The van der Waals surface area contributed by atoms with E-state index in [1.54, 1.807) is 6.26 Å². The van der Waals surface area contributed by atoms with Crippen molar-refractivity contribution in [3.8, 4) is 11.7 Å². The van der Waals surface area contributed by atoms with E-state index in [0.717, 1.165) is 30.0 Å². The Hall–Kier alpha value is -1.55. The normalized spacial score (nSPS) is 26.2. The second kappa shape index (κ2) is 4.77. The van der Waals surface area contributed by atoms with Crippen molar-refractivity contribution in [1.82, 2.24) is 9.88 Å². The average Bonchev–Trinajstić information content (AvgIpc) is 3.13. The number of fused-ring (bicyclic) bond motifs is 2. The lowest BCUT2D eigenvalue weighted by atomic mass is 9.90. The van der Waals surface area contributed by atoms with E-state index < -0.39 is 0 Å². The lowest BCUT2D eigenvalue weighted by Gasteiger charge is -2.23. The van der Waals surface area contributed by atoms with Crippen molar-refractivity contribution in [1.29, 1.82) is 0 Å². The van der Waals surface area contributed by atoms with Crippen LogP contribution in [0.4, 0.5) is 0 Å². The number of likely N-dealkylation sites (tertiary alicyclic amines) is 1. The zero-order valence-corrected chi connectivity index (χ0v) is 11.8. The van der Waals surface area contributed by atoms with E-state index in [4.69, 9.17) is 8.83 Å². The van der Waals surface area contributed by atoms with Gasteiger partial charge in [-0.2, -0.15) is 0 Å². The van der Waals surface area contributed by atoms with Crippen LogP contribution in [0.15, 0.2) is 27.2 Å². The fourth-order valence-corrected chi connectivity index (χ4v) is 3.71. The molecule has 1 saturated heterocycles. The fourth-order valence-electron chi connectivity index (χ4n) is 3.71. The Morgan fingerprint density at radius 3 is 3.15 bits per heavy atom. The molecule has 2 bridgehead atoms. The molecule has 2 atom stereocenters. The van der Waals surface area contributed by atoms with Gasteiger partial charge in [-0.3, -0.25) is 4.90 Å². The molecule has 0 unspecified atom stereocenters. The molecule has 4 rings (SSSR count). The highest BCUT2D eigenvalue weighted by Gasteiger charge is 2.35. The van der Waals surface area contributed by atoms with E-state index in [0.29, 0.717) is 11.7 Å². The molecule has 1 aliphatic heterocycles. The highest BCUT2D eigenvalue weighted by molar-refractivity contribution is 5.44. The Kier molecular flexibility index (Phi) is 2.91. The lowest BCUT2D eigenvalue weighted by molar-refractivity contribution is 0.233. The minimum atomic E-state index is 0.602. The Bertz CT molecular complexity index is 588. The zero-order chi connectivity index (χ0) is 13.5. The fraction of sp³-hybridized carbons (Fsp3) is 0.562. The van der Waals surface area contributed by atoms with Crippen LogP contribution in [-0.4, -0.2) is 22.5 Å². The standard InChI is InChI=1S/C16H20N2O2/c1-11-14(17-16(20-11)15-6-3-7-19-15)10-18-9-12-4-2-5-13(18)8-12/h3,6-7,12-13H,2,4-5,8-10H2,1H3/t12-,13+/m1/s1. The van der Waals surface area contributed by atoms with Gasteiger partial charge in [0, 0.05) is 19.1 Å². The van der Waals surface area contributed by atoms with Crippen LogP contribution in [0, 0.1) is 12.8 Å². The van der Waals surface area contributed by atoms with Crippen molar-refractivity contribution in [2.45, 2.75) is 45.2 Å². The molecule has 1 aliphatic carbocycles. The average molecular weight is 272 g/mol. The third kappa shape index (κ3) is 2.08. The third-order valence-electron chi connectivity index (χ3n) is 4.74. The van der Waals surface area contributed by atoms with Crippen molar-refractivity contribution >= 4 is 0 Å². The first-order chi connectivity index (χ1) is 9.79. The number of rotatable bonds is 3. The van der Waals surface area contributed by atoms with Crippen LogP contribution in [-0.2, 0) is 6.54 Å². The second-order valence-electron chi connectivity index (χ2n) is 6.12. The predicted octanol–water partition coefficient (Wildman–Crippen LogP) is 3.62. The molecule has 2 aliphatic rings. The van der Waals surface area contributed by atoms with Crippen molar-refractivity contribution in [3.05, 3.63) is 29.9 Å². The Balaban J connectivity index is 1.54. The van der Waals surface area contributed by atoms with Crippen LogP contribution in [0.5, 0.6) is 0 Å². The van der Waals surface area contributed by atoms with Gasteiger partial charge in [0.1, 0.15) is 5.76 Å². The van der Waals surface area contributed by atoms with Gasteiger partial charge in [-0.25, -0.2) is 4.98 Å². The topological polar surface area (TPSA) is 42.4 Å². The van der Waals surface area contributed by atoms with Gasteiger partial charge in [0.15, 0.2) is 5.76 Å². The van der Waals surface area contributed by atoms with Crippen LogP contribution in [0.25, 0.3) is 11.7 Å². The Morgan fingerprint density at radius 1 is 1.40 bits per heavy atom. The van der Waals surface area contributed by atoms with E-state index in [-0.39, 0.29) is 0 Å². The molecule has 4 heteroatoms. The highest BCUT2D eigenvalue weighted by Crippen LogP contribution is 2.36. The van der Waals surface area contributed by atoms with Crippen molar-refractivity contribution in [2.75, 3.05) is 6.54 Å². The first kappa shape index (κ1) is 12.2. The molecule has 1 saturated carbocycles. The van der Waals surface area contributed by atoms with E-state index in [9.17, 15) is 0 Å². The summed E-state index contributed by atoms with van der Waals surface area (Å²) in [4.78, 5) is 7.22. The summed E-state index contributed by atoms with van der Waals surface area (Å²) in [6, 6.07) is 4.51. The van der Waals surface area contributed by atoms with Gasteiger partial charge in [-0.1, -0.05) is 6.42 Å². The number of hydrogen-bond donors (Lipinski definition) is 0. The molecule has 0 spiro atoms. The Labute approximate surface area is 118 Å². The van der Waals surface area contributed by atoms with Gasteiger partial charge < -0.3 is 8.83 Å². The summed E-state index contributed by atoms with van der Waals surface area (Å²) in [6.45, 7) is 4.14. The van der Waals surface area contributed by atoms with E-state index in [1.807, 2.05) is 19.1 Å². The molecule has 0 radical (unpaired) electrons. The van der Waals surface area contributed by atoms with Gasteiger partial charge in [0.05, 0.1) is 12.0 Å². The summed E-state index contributed by atoms with van der Waals surface area (Å²) in [5.74, 6) is 3.13. The van der Waals surface area contributed by atoms with Crippen LogP contribution < -0.4 is 0 Å². The van der Waals surface area contributed by atoms with Gasteiger partial charge in [-0.05, 0) is 44.2 Å². The number of hydrogen-bond acceptors (Lipinski definition) is 4. The molecule has 2 fully saturated rings. The summed E-state index contributed by atoms with van der Waals surface area (Å²) in [7, 11) is 0. The van der Waals surface area contributed by atoms with Crippen LogP contribution >= 0.6 is 0 Å². The van der Waals surface area contributed by atoms with Gasteiger partial charge >= 0.3 is 0 Å². The van der Waals surface area contributed by atoms with E-state index in [2.05, 4.69) is 9.88 Å². The number of nitrogens with zero attached hydrogens (tertiary/aromatic N) is 2. The quantitative estimate of drug-likeness (QED) is 0.856. The molecular formula is C16H20N2O2. The third-order valence-corrected chi connectivity index (χ3v) is 4.74. The number of oxazole rings is 1. The minimum absolute atomic E-state index is 0.602. The molecule has 106 valence electrons. The maximum Gasteiger partial charge on any atom is 0.263 e. The summed E-state index contributed by atoms with van der Waals surface area (Å²) < 4.78 is 11.1. The summed E-state index contributed by atoms with van der Waals surface area (Å²) >= 11 is 0. The zero-order valence-electron chi connectivity index (χ0n) is 11.8. The maximum absolute atomic E-state index is 5.75. The molecule has 4 nitrogen and oxygen atoms in total. The first-order valence-electron chi connectivity index (χ1n) is 7.54. The van der Waals surface area contributed by atoms with E-state index >= 15 is 0 Å². The summed E-state index contributed by atoms with van der Waals surface area (Å²) in [5, 5.41) is 0. The SMILES string of the molecule is Cc1oc(-c2ccco2)nc1CN1C[C@@H]2CCC[C@H]1C2. The molecule has 3 heterocycles. The molecule has 2 aromatic rings. The van der Waals surface area contributed by atoms with Gasteiger partial charge in [0.25, 0.3) is 5.89 Å². The Morgan fingerprint density at radius 2 is 2.35 bits per heavy atom. The van der Waals surface area contributed by atoms with E-state index in [1.165, 1.54) is 32.2 Å². The first-order valence-corrected chi connectivity index (χ1v) is 7.54.